The fourth-order valence-electron chi connectivity index (χ4n) is 1.26. The fraction of sp³-hybridized carbons (Fsp3) is 1.00. The van der Waals surface area contributed by atoms with Crippen molar-refractivity contribution in [1.29, 1.82) is 0 Å². The van der Waals surface area contributed by atoms with Crippen molar-refractivity contribution in [2.45, 2.75) is 39.4 Å². The maximum Gasteiger partial charge on any atom is 0.270 e. The van der Waals surface area contributed by atoms with E-state index in [-0.39, 0.29) is 0 Å². The van der Waals surface area contributed by atoms with E-state index in [9.17, 15) is 0 Å². The molecule has 0 aromatic carbocycles. The van der Waals surface area contributed by atoms with Gasteiger partial charge in [-0.1, -0.05) is 20.3 Å². The summed E-state index contributed by atoms with van der Waals surface area (Å²) < 4.78 is 0. The van der Waals surface area contributed by atoms with Crippen LogP contribution in [0.15, 0.2) is 0 Å². The first kappa shape index (κ1) is 12.0. The van der Waals surface area contributed by atoms with Gasteiger partial charge in [-0.25, -0.2) is 0 Å². The number of unbranched alkanes of at least 4 members (excludes halogenated alkanes) is 1. The van der Waals surface area contributed by atoms with Crippen LogP contribution in [-0.4, -0.2) is 37.0 Å². The summed E-state index contributed by atoms with van der Waals surface area (Å²) in [6, 6.07) is 0. The molecule has 0 bridgehead atoms. The summed E-state index contributed by atoms with van der Waals surface area (Å²) in [6.07, 6.45) is 4.65. The molecule has 2 nitrogen and oxygen atoms in total. The monoisotopic (exact) mass is 171 g/mol. The van der Waals surface area contributed by atoms with E-state index in [0.717, 1.165) is 25.8 Å². The van der Waals surface area contributed by atoms with E-state index in [0.29, 0.717) is 7.48 Å². The van der Waals surface area contributed by atoms with Crippen LogP contribution in [0.5, 0.6) is 0 Å². The molecule has 0 rings (SSSR count). The Bertz CT molecular complexity index is 90.6. The Labute approximate surface area is 77.2 Å². The summed E-state index contributed by atoms with van der Waals surface area (Å²) in [5, 5.41) is 8.61. The molecule has 0 amide bonds. The molecule has 12 heavy (non-hydrogen) atoms. The van der Waals surface area contributed by atoms with Crippen LogP contribution in [0.2, 0.25) is 6.32 Å². The average Bonchev–Trinajstić information content (AvgIpc) is 2.11. The number of nitrogens with zero attached hydrogens (tertiary/aromatic N) is 1. The first-order valence-corrected chi connectivity index (χ1v) is 5.18. The van der Waals surface area contributed by atoms with E-state index in [1.165, 1.54) is 19.4 Å². The van der Waals surface area contributed by atoms with Crippen molar-refractivity contribution in [3.63, 3.8) is 0 Å². The molecule has 0 radical (unpaired) electrons. The number of hydrogen-bond donors (Lipinski definition) is 1. The largest absolute Gasteiger partial charge is 0.454 e. The van der Waals surface area contributed by atoms with Gasteiger partial charge in [0.15, 0.2) is 0 Å². The number of rotatable bonds is 8. The van der Waals surface area contributed by atoms with Crippen LogP contribution in [0.1, 0.15) is 33.1 Å². The lowest BCUT2D eigenvalue weighted by atomic mass is 9.94. The zero-order chi connectivity index (χ0) is 9.23. The minimum Gasteiger partial charge on any atom is -0.454 e. The summed E-state index contributed by atoms with van der Waals surface area (Å²) >= 11 is 0. The zero-order valence-corrected chi connectivity index (χ0v) is 8.55. The van der Waals surface area contributed by atoms with Crippen LogP contribution in [-0.2, 0) is 0 Å². The highest BCUT2D eigenvalue weighted by Crippen LogP contribution is 1.98. The lowest BCUT2D eigenvalue weighted by Crippen LogP contribution is -2.25. The highest BCUT2D eigenvalue weighted by atomic mass is 16.2. The molecule has 1 N–H and O–H groups in total. The highest BCUT2D eigenvalue weighted by Gasteiger charge is 2.00. The molecule has 0 aliphatic carbocycles. The third-order valence-corrected chi connectivity index (χ3v) is 2.16. The Morgan fingerprint density at radius 2 is 1.83 bits per heavy atom. The molecular formula is C9H22BNO. The topological polar surface area (TPSA) is 23.5 Å². The van der Waals surface area contributed by atoms with Crippen molar-refractivity contribution in [1.82, 2.24) is 4.90 Å². The second kappa shape index (κ2) is 9.08. The first-order valence-electron chi connectivity index (χ1n) is 5.18. The van der Waals surface area contributed by atoms with Crippen LogP contribution in [0.4, 0.5) is 0 Å². The summed E-state index contributed by atoms with van der Waals surface area (Å²) in [6.45, 7) is 7.94. The van der Waals surface area contributed by atoms with Crippen molar-refractivity contribution in [2.75, 3.05) is 19.6 Å². The molecule has 72 valence electrons. The Morgan fingerprint density at radius 1 is 1.17 bits per heavy atom. The SMILES string of the molecule is CCCCN(CC)CCCBO. The normalized spacial score (nSPS) is 10.7. The van der Waals surface area contributed by atoms with Crippen LogP contribution < -0.4 is 0 Å². The Balaban J connectivity index is 3.26. The lowest BCUT2D eigenvalue weighted by molar-refractivity contribution is 0.283. The van der Waals surface area contributed by atoms with Gasteiger partial charge in [0.1, 0.15) is 0 Å². The second-order valence-corrected chi connectivity index (χ2v) is 3.22. The minimum atomic E-state index is 0.339. The molecule has 0 atom stereocenters. The summed E-state index contributed by atoms with van der Waals surface area (Å²) in [4.78, 5) is 2.46. The lowest BCUT2D eigenvalue weighted by Gasteiger charge is -2.19. The standard InChI is InChI=1S/C9H22BNO/c1-3-5-8-11(4-2)9-6-7-10-12/h10,12H,3-9H2,1-2H3. The Morgan fingerprint density at radius 3 is 2.33 bits per heavy atom. The van der Waals surface area contributed by atoms with Crippen molar-refractivity contribution in [3.05, 3.63) is 0 Å². The molecule has 0 aromatic heterocycles. The van der Waals surface area contributed by atoms with Gasteiger partial charge in [-0.05, 0) is 38.8 Å². The van der Waals surface area contributed by atoms with E-state index < -0.39 is 0 Å². The molecule has 0 aliphatic heterocycles. The van der Waals surface area contributed by atoms with Gasteiger partial charge in [0.25, 0.3) is 7.48 Å². The maximum absolute atomic E-state index is 8.61. The van der Waals surface area contributed by atoms with Crippen LogP contribution >= 0.6 is 0 Å². The molecule has 0 saturated carbocycles. The van der Waals surface area contributed by atoms with E-state index in [1.54, 1.807) is 0 Å². The fourth-order valence-corrected chi connectivity index (χ4v) is 1.26. The maximum atomic E-state index is 8.61. The van der Waals surface area contributed by atoms with Crippen LogP contribution in [0.25, 0.3) is 0 Å². The predicted molar refractivity (Wildman–Crippen MR) is 55.8 cm³/mol. The Kier molecular flexibility index (Phi) is 9.06. The van der Waals surface area contributed by atoms with E-state index in [1.807, 2.05) is 0 Å². The Hall–Kier alpha value is -0.0151. The van der Waals surface area contributed by atoms with Gasteiger partial charge < -0.3 is 9.92 Å². The van der Waals surface area contributed by atoms with Gasteiger partial charge in [0.2, 0.25) is 0 Å². The van der Waals surface area contributed by atoms with Crippen LogP contribution in [0.3, 0.4) is 0 Å². The smallest absolute Gasteiger partial charge is 0.270 e. The minimum absolute atomic E-state index is 0.339. The van der Waals surface area contributed by atoms with Gasteiger partial charge in [-0.15, -0.1) is 0 Å². The van der Waals surface area contributed by atoms with Crippen molar-refractivity contribution < 1.29 is 5.02 Å². The molecular weight excluding hydrogens is 149 g/mol. The van der Waals surface area contributed by atoms with Crippen molar-refractivity contribution >= 4 is 7.48 Å². The zero-order valence-electron chi connectivity index (χ0n) is 8.55. The van der Waals surface area contributed by atoms with Gasteiger partial charge in [-0.3, -0.25) is 0 Å². The average molecular weight is 171 g/mol. The van der Waals surface area contributed by atoms with Gasteiger partial charge in [0, 0.05) is 0 Å². The van der Waals surface area contributed by atoms with Gasteiger partial charge in [-0.2, -0.15) is 0 Å². The molecule has 0 saturated heterocycles. The van der Waals surface area contributed by atoms with E-state index >= 15 is 0 Å². The third-order valence-electron chi connectivity index (χ3n) is 2.16. The molecule has 0 aromatic rings. The summed E-state index contributed by atoms with van der Waals surface area (Å²) in [5.74, 6) is 0. The molecule has 0 heterocycles. The molecule has 0 fully saturated rings. The van der Waals surface area contributed by atoms with Gasteiger partial charge >= 0.3 is 0 Å². The van der Waals surface area contributed by atoms with Crippen molar-refractivity contribution in [2.24, 2.45) is 0 Å². The first-order chi connectivity index (χ1) is 5.85. The van der Waals surface area contributed by atoms with Crippen LogP contribution in [0, 0.1) is 0 Å². The molecule has 0 aliphatic rings. The highest BCUT2D eigenvalue weighted by molar-refractivity contribution is 6.25. The molecule has 0 unspecified atom stereocenters. The molecule has 0 spiro atoms. The van der Waals surface area contributed by atoms with Crippen molar-refractivity contribution in [3.8, 4) is 0 Å². The quantitative estimate of drug-likeness (QED) is 0.439. The number of hydrogen-bond acceptors (Lipinski definition) is 2. The second-order valence-electron chi connectivity index (χ2n) is 3.22. The summed E-state index contributed by atoms with van der Waals surface area (Å²) in [5.41, 5.74) is 0. The third kappa shape index (κ3) is 6.68. The predicted octanol–water partition coefficient (Wildman–Crippen LogP) is 1.26. The summed E-state index contributed by atoms with van der Waals surface area (Å²) in [7, 11) is 0.339. The van der Waals surface area contributed by atoms with E-state index in [4.69, 9.17) is 5.02 Å². The van der Waals surface area contributed by atoms with Gasteiger partial charge in [0.05, 0.1) is 0 Å². The molecule has 3 heteroatoms. The van der Waals surface area contributed by atoms with E-state index in [2.05, 4.69) is 18.7 Å².